The predicted octanol–water partition coefficient (Wildman–Crippen LogP) is 3.54. The minimum atomic E-state index is -0.501. The fourth-order valence-corrected chi connectivity index (χ4v) is 1.60. The van der Waals surface area contributed by atoms with Crippen LogP contribution < -0.4 is 0 Å². The molecule has 3 heteroatoms. The molecule has 0 aliphatic rings. The predicted molar refractivity (Wildman–Crippen MR) is 60.4 cm³/mol. The van der Waals surface area contributed by atoms with Gasteiger partial charge in [0, 0.05) is 11.4 Å². The molecule has 14 heavy (non-hydrogen) atoms. The minimum absolute atomic E-state index is 0.0639. The summed E-state index contributed by atoms with van der Waals surface area (Å²) < 4.78 is 0. The summed E-state index contributed by atoms with van der Waals surface area (Å²) in [6.45, 7) is 3.61. The third-order valence-electron chi connectivity index (χ3n) is 2.04. The Kier molecular flexibility index (Phi) is 3.97. The Labute approximate surface area is 94.0 Å². The van der Waals surface area contributed by atoms with Crippen LogP contribution in [0, 0.1) is 6.92 Å². The average molecular weight is 231 g/mol. The Bertz CT molecular complexity index is 345. The van der Waals surface area contributed by atoms with Gasteiger partial charge in [0.1, 0.15) is 0 Å². The molecule has 1 aromatic carbocycles. The molecule has 0 aromatic heterocycles. The zero-order chi connectivity index (χ0) is 10.7. The molecule has 0 saturated heterocycles. The van der Waals surface area contributed by atoms with Crippen molar-refractivity contribution in [3.8, 4) is 0 Å². The molecule has 0 saturated carbocycles. The van der Waals surface area contributed by atoms with Gasteiger partial charge in [-0.25, -0.2) is 0 Å². The van der Waals surface area contributed by atoms with Gasteiger partial charge in [0.2, 0.25) is 0 Å². The molecule has 0 heterocycles. The molecule has 0 bridgehead atoms. The van der Waals surface area contributed by atoms with Gasteiger partial charge in [-0.2, -0.15) is 0 Å². The molecule has 0 spiro atoms. The van der Waals surface area contributed by atoms with Gasteiger partial charge in [0.15, 0.2) is 5.78 Å². The molecule has 0 N–H and O–H groups in total. The lowest BCUT2D eigenvalue weighted by atomic mass is 10.0. The third kappa shape index (κ3) is 2.49. The summed E-state index contributed by atoms with van der Waals surface area (Å²) in [5.41, 5.74) is 2.52. The number of hydrogen-bond acceptors (Lipinski definition) is 1. The van der Waals surface area contributed by atoms with Gasteiger partial charge in [-0.3, -0.25) is 4.79 Å². The van der Waals surface area contributed by atoms with Gasteiger partial charge in [-0.15, -0.1) is 23.2 Å². The number of carbonyl (C=O) groups is 1. The first-order valence-electron chi connectivity index (χ1n) is 4.40. The van der Waals surface area contributed by atoms with Gasteiger partial charge in [-0.05, 0) is 25.5 Å². The zero-order valence-electron chi connectivity index (χ0n) is 8.18. The maximum absolute atomic E-state index is 11.7. The summed E-state index contributed by atoms with van der Waals surface area (Å²) in [5.74, 6) is 0.274. The summed E-state index contributed by atoms with van der Waals surface area (Å²) in [7, 11) is 0. The Hall–Kier alpha value is -0.530. The number of ketones is 1. The monoisotopic (exact) mass is 230 g/mol. The molecule has 1 nitrogen and oxygen atoms in total. The Morgan fingerprint density at radius 2 is 2.14 bits per heavy atom. The highest BCUT2D eigenvalue weighted by molar-refractivity contribution is 6.34. The number of aryl methyl sites for hydroxylation is 1. The van der Waals surface area contributed by atoms with Crippen LogP contribution in [0.2, 0.25) is 0 Å². The van der Waals surface area contributed by atoms with Crippen molar-refractivity contribution in [2.45, 2.75) is 25.1 Å². The van der Waals surface area contributed by atoms with Crippen molar-refractivity contribution in [2.75, 3.05) is 0 Å². The molecular formula is C11H12Cl2O. The average Bonchev–Trinajstić information content (AvgIpc) is 2.16. The molecule has 76 valence electrons. The van der Waals surface area contributed by atoms with Crippen LogP contribution in [0.3, 0.4) is 0 Å². The van der Waals surface area contributed by atoms with Gasteiger partial charge in [0.25, 0.3) is 0 Å². The number of rotatable bonds is 3. The first-order valence-corrected chi connectivity index (χ1v) is 5.37. The molecule has 1 unspecified atom stereocenters. The number of benzene rings is 1. The van der Waals surface area contributed by atoms with Crippen LogP contribution in [0.4, 0.5) is 0 Å². The number of carbonyl (C=O) groups excluding carboxylic acids is 1. The number of Topliss-reactive ketones (excluding diaryl/α,β-unsaturated/α-hetero) is 1. The van der Waals surface area contributed by atoms with Crippen molar-refractivity contribution in [3.63, 3.8) is 0 Å². The van der Waals surface area contributed by atoms with Crippen molar-refractivity contribution >= 4 is 29.0 Å². The molecule has 1 atom stereocenters. The van der Waals surface area contributed by atoms with E-state index in [1.165, 1.54) is 0 Å². The van der Waals surface area contributed by atoms with E-state index in [-0.39, 0.29) is 5.78 Å². The van der Waals surface area contributed by atoms with Crippen LogP contribution in [-0.4, -0.2) is 11.2 Å². The van der Waals surface area contributed by atoms with E-state index in [4.69, 9.17) is 23.2 Å². The van der Waals surface area contributed by atoms with Crippen molar-refractivity contribution in [1.82, 2.24) is 0 Å². The maximum Gasteiger partial charge on any atom is 0.180 e. The lowest BCUT2D eigenvalue weighted by Crippen LogP contribution is -2.12. The second-order valence-electron chi connectivity index (χ2n) is 3.27. The fraction of sp³-hybridized carbons (Fsp3) is 0.364. The first-order chi connectivity index (χ1) is 6.56. The van der Waals surface area contributed by atoms with Crippen LogP contribution in [0.15, 0.2) is 18.2 Å². The second-order valence-corrected chi connectivity index (χ2v) is 4.20. The van der Waals surface area contributed by atoms with Crippen molar-refractivity contribution in [2.24, 2.45) is 0 Å². The smallest absolute Gasteiger partial charge is 0.180 e. The highest BCUT2D eigenvalue weighted by Crippen LogP contribution is 2.17. The Morgan fingerprint density at radius 3 is 2.64 bits per heavy atom. The van der Waals surface area contributed by atoms with Crippen LogP contribution in [0.1, 0.15) is 28.4 Å². The summed E-state index contributed by atoms with van der Waals surface area (Å²) in [6, 6.07) is 5.64. The van der Waals surface area contributed by atoms with E-state index >= 15 is 0 Å². The summed E-state index contributed by atoms with van der Waals surface area (Å²) >= 11 is 11.5. The Morgan fingerprint density at radius 1 is 1.50 bits per heavy atom. The molecule has 0 radical (unpaired) electrons. The van der Waals surface area contributed by atoms with E-state index in [9.17, 15) is 4.79 Å². The number of alkyl halides is 2. The minimum Gasteiger partial charge on any atom is -0.293 e. The summed E-state index contributed by atoms with van der Waals surface area (Å²) in [4.78, 5) is 11.7. The van der Waals surface area contributed by atoms with Crippen LogP contribution in [0.5, 0.6) is 0 Å². The second kappa shape index (κ2) is 4.81. The molecule has 0 aliphatic carbocycles. The lowest BCUT2D eigenvalue weighted by Gasteiger charge is -2.08. The van der Waals surface area contributed by atoms with Gasteiger partial charge in [-0.1, -0.05) is 17.7 Å². The van der Waals surface area contributed by atoms with Crippen molar-refractivity contribution < 1.29 is 4.79 Å². The van der Waals surface area contributed by atoms with Crippen LogP contribution in [0.25, 0.3) is 0 Å². The number of hydrogen-bond donors (Lipinski definition) is 0. The quantitative estimate of drug-likeness (QED) is 0.574. The van der Waals surface area contributed by atoms with Gasteiger partial charge in [0.05, 0.1) is 5.38 Å². The van der Waals surface area contributed by atoms with Crippen LogP contribution >= 0.6 is 23.2 Å². The molecule has 1 rings (SSSR count). The van der Waals surface area contributed by atoms with E-state index in [2.05, 4.69) is 0 Å². The zero-order valence-corrected chi connectivity index (χ0v) is 9.69. The molecule has 1 aromatic rings. The SMILES string of the molecule is Cc1ccc(CCl)c(C(=O)C(C)Cl)c1. The van der Waals surface area contributed by atoms with Crippen molar-refractivity contribution in [1.29, 1.82) is 0 Å². The molecular weight excluding hydrogens is 219 g/mol. The normalized spacial score (nSPS) is 12.6. The third-order valence-corrected chi connectivity index (χ3v) is 2.52. The number of halogens is 2. The molecule has 0 amide bonds. The highest BCUT2D eigenvalue weighted by atomic mass is 35.5. The standard InChI is InChI=1S/C11H12Cl2O/c1-7-3-4-9(6-12)10(5-7)11(14)8(2)13/h3-5,8H,6H2,1-2H3. The molecule has 0 aliphatic heterocycles. The Balaban J connectivity index is 3.17. The van der Waals surface area contributed by atoms with E-state index in [1.54, 1.807) is 6.92 Å². The summed E-state index contributed by atoms with van der Waals surface area (Å²) in [5, 5.41) is -0.501. The van der Waals surface area contributed by atoms with E-state index in [1.807, 2.05) is 25.1 Å². The van der Waals surface area contributed by atoms with Gasteiger partial charge < -0.3 is 0 Å². The lowest BCUT2D eigenvalue weighted by molar-refractivity contribution is 0.0991. The van der Waals surface area contributed by atoms with Gasteiger partial charge >= 0.3 is 0 Å². The summed E-state index contributed by atoms with van der Waals surface area (Å²) in [6.07, 6.45) is 0. The van der Waals surface area contributed by atoms with Crippen molar-refractivity contribution in [3.05, 3.63) is 34.9 Å². The maximum atomic E-state index is 11.7. The van der Waals surface area contributed by atoms with E-state index in [0.29, 0.717) is 11.4 Å². The fourth-order valence-electron chi connectivity index (χ4n) is 1.25. The molecule has 0 fully saturated rings. The first kappa shape index (κ1) is 11.5. The highest BCUT2D eigenvalue weighted by Gasteiger charge is 2.15. The van der Waals surface area contributed by atoms with E-state index < -0.39 is 5.38 Å². The van der Waals surface area contributed by atoms with E-state index in [0.717, 1.165) is 11.1 Å². The van der Waals surface area contributed by atoms with Crippen LogP contribution in [-0.2, 0) is 5.88 Å². The topological polar surface area (TPSA) is 17.1 Å². The largest absolute Gasteiger partial charge is 0.293 e.